The van der Waals surface area contributed by atoms with E-state index in [9.17, 15) is 13.6 Å². The summed E-state index contributed by atoms with van der Waals surface area (Å²) in [5.74, 6) is -2.50. The van der Waals surface area contributed by atoms with Crippen LogP contribution < -0.4 is 4.90 Å². The third-order valence-corrected chi connectivity index (χ3v) is 4.61. The van der Waals surface area contributed by atoms with Gasteiger partial charge in [-0.25, -0.2) is 13.8 Å². The fraction of sp³-hybridized carbons (Fsp3) is 0.438. The Labute approximate surface area is 131 Å². The van der Waals surface area contributed by atoms with Gasteiger partial charge in [0.25, 0.3) is 11.8 Å². The monoisotopic (exact) mass is 318 g/mol. The third kappa shape index (κ3) is 2.22. The highest BCUT2D eigenvalue weighted by atomic mass is 19.3. The van der Waals surface area contributed by atoms with E-state index in [0.717, 1.165) is 17.7 Å². The molecule has 4 rings (SSSR count). The van der Waals surface area contributed by atoms with Gasteiger partial charge >= 0.3 is 0 Å². The maximum atomic E-state index is 13.8. The fourth-order valence-electron chi connectivity index (χ4n) is 3.45. The highest BCUT2D eigenvalue weighted by Gasteiger charge is 2.40. The van der Waals surface area contributed by atoms with Gasteiger partial charge in [0.05, 0.1) is 0 Å². The predicted molar refractivity (Wildman–Crippen MR) is 79.8 cm³/mol. The van der Waals surface area contributed by atoms with Gasteiger partial charge in [-0.2, -0.15) is 5.10 Å². The summed E-state index contributed by atoms with van der Waals surface area (Å²) in [4.78, 5) is 18.7. The van der Waals surface area contributed by atoms with Crippen LogP contribution in [0.25, 0.3) is 0 Å². The van der Waals surface area contributed by atoms with Crippen molar-refractivity contribution in [3.8, 4) is 0 Å². The van der Waals surface area contributed by atoms with Crippen LogP contribution in [-0.4, -0.2) is 33.1 Å². The van der Waals surface area contributed by atoms with Crippen molar-refractivity contribution in [2.24, 2.45) is 7.05 Å². The van der Waals surface area contributed by atoms with E-state index in [1.807, 2.05) is 12.1 Å². The van der Waals surface area contributed by atoms with E-state index in [1.165, 1.54) is 0 Å². The molecule has 5 nitrogen and oxygen atoms in total. The van der Waals surface area contributed by atoms with Crippen LogP contribution in [0.2, 0.25) is 0 Å². The number of aryl methyl sites for hydroxylation is 1. The first-order valence-electron chi connectivity index (χ1n) is 7.64. The molecule has 2 aliphatic rings. The van der Waals surface area contributed by atoms with Crippen LogP contribution in [0.1, 0.15) is 33.7 Å². The van der Waals surface area contributed by atoms with Crippen molar-refractivity contribution >= 4 is 11.7 Å². The number of nitrogens with zero attached hydrogens (tertiary/aromatic N) is 4. The number of rotatable bonds is 1. The van der Waals surface area contributed by atoms with Gasteiger partial charge in [0.1, 0.15) is 5.82 Å². The molecular formula is C16H16F2N4O. The van der Waals surface area contributed by atoms with E-state index in [4.69, 9.17) is 0 Å². The molecule has 2 aromatic rings. The summed E-state index contributed by atoms with van der Waals surface area (Å²) in [6.45, 7) is 0.507. The normalized spacial score (nSPS) is 18.7. The first kappa shape index (κ1) is 14.3. The molecule has 0 bridgehead atoms. The molecule has 0 atom stereocenters. The van der Waals surface area contributed by atoms with Crippen LogP contribution in [0.5, 0.6) is 0 Å². The summed E-state index contributed by atoms with van der Waals surface area (Å²) in [6, 6.07) is 3.76. The molecule has 2 aromatic heterocycles. The molecule has 0 aromatic carbocycles. The van der Waals surface area contributed by atoms with E-state index in [-0.39, 0.29) is 24.4 Å². The molecule has 1 aliphatic heterocycles. The molecule has 1 aliphatic carbocycles. The van der Waals surface area contributed by atoms with Crippen molar-refractivity contribution in [1.82, 2.24) is 14.8 Å². The Bertz CT molecular complexity index is 799. The molecule has 0 N–H and O–H groups in total. The summed E-state index contributed by atoms with van der Waals surface area (Å²) in [5, 5.41) is 4.24. The molecule has 1 amide bonds. The molecular weight excluding hydrogens is 302 g/mol. The Morgan fingerprint density at radius 3 is 3.00 bits per heavy atom. The number of alkyl halides is 2. The quantitative estimate of drug-likeness (QED) is 0.809. The van der Waals surface area contributed by atoms with Gasteiger partial charge in [-0.3, -0.25) is 14.4 Å². The Hall–Kier alpha value is -2.31. The number of pyridine rings is 1. The van der Waals surface area contributed by atoms with E-state index < -0.39 is 12.3 Å². The Balaban J connectivity index is 1.74. The molecule has 0 unspecified atom stereocenters. The van der Waals surface area contributed by atoms with Crippen molar-refractivity contribution in [3.63, 3.8) is 0 Å². The number of hydrogen-bond donors (Lipinski definition) is 0. The molecule has 0 spiro atoms. The lowest BCUT2D eigenvalue weighted by Crippen LogP contribution is -2.32. The van der Waals surface area contributed by atoms with E-state index in [1.54, 1.807) is 22.8 Å². The Kier molecular flexibility index (Phi) is 3.01. The van der Waals surface area contributed by atoms with Gasteiger partial charge in [0.15, 0.2) is 5.69 Å². The van der Waals surface area contributed by atoms with E-state index in [0.29, 0.717) is 17.9 Å². The molecule has 3 heterocycles. The highest BCUT2D eigenvalue weighted by Crippen LogP contribution is 2.35. The smallest absolute Gasteiger partial charge is 0.280 e. The number of fused-ring (bicyclic) bond motifs is 2. The van der Waals surface area contributed by atoms with Crippen molar-refractivity contribution in [1.29, 1.82) is 0 Å². The topological polar surface area (TPSA) is 51.0 Å². The van der Waals surface area contributed by atoms with Gasteiger partial charge in [-0.05, 0) is 24.5 Å². The molecule has 23 heavy (non-hydrogen) atoms. The number of hydrogen-bond acceptors (Lipinski definition) is 3. The summed E-state index contributed by atoms with van der Waals surface area (Å²) >= 11 is 0. The number of carbonyl (C=O) groups is 1. The van der Waals surface area contributed by atoms with Crippen LogP contribution in [0.4, 0.5) is 14.6 Å². The molecule has 0 saturated heterocycles. The highest BCUT2D eigenvalue weighted by molar-refractivity contribution is 6.06. The zero-order valence-corrected chi connectivity index (χ0v) is 12.7. The number of amides is 1. The van der Waals surface area contributed by atoms with E-state index in [2.05, 4.69) is 10.1 Å². The molecule has 120 valence electrons. The second-order valence-electron chi connectivity index (χ2n) is 6.12. The van der Waals surface area contributed by atoms with Crippen LogP contribution in [0.3, 0.4) is 0 Å². The summed E-state index contributed by atoms with van der Waals surface area (Å²) in [7, 11) is 1.70. The molecule has 0 radical (unpaired) electrons. The number of halogens is 2. The van der Waals surface area contributed by atoms with Gasteiger partial charge < -0.3 is 0 Å². The Morgan fingerprint density at radius 1 is 1.35 bits per heavy atom. The minimum absolute atomic E-state index is 0.139. The zero-order valence-electron chi connectivity index (χ0n) is 12.7. The average molecular weight is 318 g/mol. The average Bonchev–Trinajstić information content (AvgIpc) is 3.07. The fourth-order valence-corrected chi connectivity index (χ4v) is 3.45. The number of carbonyl (C=O) groups excluding carboxylic acids is 1. The minimum atomic E-state index is -2.77. The van der Waals surface area contributed by atoms with Crippen LogP contribution in [0, 0.1) is 0 Å². The zero-order chi connectivity index (χ0) is 16.2. The summed E-state index contributed by atoms with van der Waals surface area (Å²) in [5.41, 5.74) is 2.26. The Morgan fingerprint density at radius 2 is 2.17 bits per heavy atom. The number of aromatic nitrogens is 3. The second kappa shape index (κ2) is 4.84. The lowest BCUT2D eigenvalue weighted by atomic mass is 9.92. The van der Waals surface area contributed by atoms with E-state index >= 15 is 0 Å². The first-order chi connectivity index (χ1) is 11.0. The summed E-state index contributed by atoms with van der Waals surface area (Å²) in [6.07, 6.45) is 1.99. The molecule has 7 heteroatoms. The number of anilines is 1. The van der Waals surface area contributed by atoms with Gasteiger partial charge in [0.2, 0.25) is 0 Å². The third-order valence-electron chi connectivity index (χ3n) is 4.61. The van der Waals surface area contributed by atoms with Gasteiger partial charge in [-0.15, -0.1) is 0 Å². The van der Waals surface area contributed by atoms with Crippen LogP contribution >= 0.6 is 0 Å². The van der Waals surface area contributed by atoms with Crippen molar-refractivity contribution in [2.75, 3.05) is 11.4 Å². The molecule has 0 fully saturated rings. The minimum Gasteiger partial charge on any atom is -0.291 e. The first-order valence-corrected chi connectivity index (χ1v) is 7.64. The van der Waals surface area contributed by atoms with Gasteiger partial charge in [0, 0.05) is 43.9 Å². The lowest BCUT2D eigenvalue weighted by molar-refractivity contribution is -0.0128. The summed E-state index contributed by atoms with van der Waals surface area (Å²) < 4.78 is 29.1. The van der Waals surface area contributed by atoms with Crippen molar-refractivity contribution < 1.29 is 13.6 Å². The maximum absolute atomic E-state index is 13.8. The largest absolute Gasteiger partial charge is 0.291 e. The van der Waals surface area contributed by atoms with Crippen molar-refractivity contribution in [3.05, 3.63) is 40.8 Å². The van der Waals surface area contributed by atoms with Gasteiger partial charge in [-0.1, -0.05) is 6.07 Å². The SMILES string of the molecule is Cn1nc(C(=O)N2CCc3cccnc32)c2c1CCC(F)(F)C2. The van der Waals surface area contributed by atoms with Crippen LogP contribution in [0.15, 0.2) is 18.3 Å². The standard InChI is InChI=1S/C16H16F2N4O/c1-21-12-4-6-16(17,18)9-11(12)13(20-21)15(23)22-8-5-10-3-2-7-19-14(10)22/h2-3,7H,4-6,8-9H2,1H3. The maximum Gasteiger partial charge on any atom is 0.280 e. The van der Waals surface area contributed by atoms with Crippen molar-refractivity contribution in [2.45, 2.75) is 31.6 Å². The predicted octanol–water partition coefficient (Wildman–Crippen LogP) is 2.14. The van der Waals surface area contributed by atoms with Crippen LogP contribution in [-0.2, 0) is 26.3 Å². The lowest BCUT2D eigenvalue weighted by Gasteiger charge is -2.23. The second-order valence-corrected chi connectivity index (χ2v) is 6.12. The molecule has 0 saturated carbocycles.